The van der Waals surface area contributed by atoms with Gasteiger partial charge in [0.2, 0.25) is 22.7 Å². The zero-order chi connectivity index (χ0) is 22.0. The highest BCUT2D eigenvalue weighted by atomic mass is 32.2. The molecule has 2 heterocycles. The van der Waals surface area contributed by atoms with Crippen LogP contribution in [-0.4, -0.2) is 69.9 Å². The van der Waals surface area contributed by atoms with E-state index in [9.17, 15) is 17.6 Å². The van der Waals surface area contributed by atoms with Gasteiger partial charge in [-0.05, 0) is 35.9 Å². The molecule has 10 heteroatoms. The molecule has 0 unspecified atom stereocenters. The van der Waals surface area contributed by atoms with Crippen LogP contribution in [0, 0.1) is 5.82 Å². The summed E-state index contributed by atoms with van der Waals surface area (Å²) in [5.41, 5.74) is 1.23. The molecule has 2 aromatic carbocycles. The van der Waals surface area contributed by atoms with E-state index in [2.05, 4.69) is 4.90 Å². The Labute approximate surface area is 180 Å². The summed E-state index contributed by atoms with van der Waals surface area (Å²) >= 11 is 0. The van der Waals surface area contributed by atoms with Gasteiger partial charge in [0, 0.05) is 32.7 Å². The number of carbonyl (C=O) groups is 1. The number of nitrogens with zero attached hydrogens (tertiary/aromatic N) is 3. The molecule has 1 saturated heterocycles. The van der Waals surface area contributed by atoms with E-state index >= 15 is 0 Å². The van der Waals surface area contributed by atoms with Crippen LogP contribution in [0.4, 0.5) is 10.1 Å². The monoisotopic (exact) mass is 449 g/mol. The highest BCUT2D eigenvalue weighted by Gasteiger charge is 2.27. The molecule has 4 rings (SSSR count). The van der Waals surface area contributed by atoms with E-state index < -0.39 is 15.8 Å². The van der Waals surface area contributed by atoms with E-state index in [0.29, 0.717) is 26.2 Å². The Morgan fingerprint density at radius 3 is 2.52 bits per heavy atom. The number of sulfonamides is 1. The summed E-state index contributed by atoms with van der Waals surface area (Å²) in [6.07, 6.45) is 1.01. The normalized spacial score (nSPS) is 16.4. The van der Waals surface area contributed by atoms with E-state index in [0.717, 1.165) is 40.2 Å². The number of piperazine rings is 1. The van der Waals surface area contributed by atoms with Crippen molar-refractivity contribution in [1.29, 1.82) is 0 Å². The van der Waals surface area contributed by atoms with Crippen LogP contribution in [0.1, 0.15) is 5.56 Å². The zero-order valence-corrected chi connectivity index (χ0v) is 18.0. The van der Waals surface area contributed by atoms with E-state index in [1.165, 1.54) is 18.2 Å². The lowest BCUT2D eigenvalue weighted by Gasteiger charge is -2.35. The fourth-order valence-electron chi connectivity index (χ4n) is 3.71. The molecule has 0 atom stereocenters. The van der Waals surface area contributed by atoms with Crippen LogP contribution in [-0.2, 0) is 21.4 Å². The zero-order valence-electron chi connectivity index (χ0n) is 17.2. The van der Waals surface area contributed by atoms with Gasteiger partial charge in [0.05, 0.1) is 11.9 Å². The second kappa shape index (κ2) is 8.72. The molecule has 2 aromatic rings. The van der Waals surface area contributed by atoms with Crippen LogP contribution in [0.15, 0.2) is 42.5 Å². The van der Waals surface area contributed by atoms with Gasteiger partial charge >= 0.3 is 0 Å². The van der Waals surface area contributed by atoms with Crippen LogP contribution in [0.2, 0.25) is 0 Å². The van der Waals surface area contributed by atoms with Crippen molar-refractivity contribution in [2.75, 3.05) is 50.1 Å². The third-order valence-electron chi connectivity index (χ3n) is 5.34. The molecular weight excluding hydrogens is 425 g/mol. The average molecular weight is 450 g/mol. The molecule has 0 aromatic heterocycles. The van der Waals surface area contributed by atoms with Gasteiger partial charge < -0.3 is 14.4 Å². The molecule has 0 N–H and O–H groups in total. The Bertz CT molecular complexity index is 1070. The number of anilines is 1. The predicted molar refractivity (Wildman–Crippen MR) is 113 cm³/mol. The molecule has 31 heavy (non-hydrogen) atoms. The van der Waals surface area contributed by atoms with Gasteiger partial charge in [0.25, 0.3) is 0 Å². The van der Waals surface area contributed by atoms with Crippen molar-refractivity contribution >= 4 is 21.6 Å². The van der Waals surface area contributed by atoms with Crippen molar-refractivity contribution in [2.45, 2.75) is 6.54 Å². The quantitative estimate of drug-likeness (QED) is 0.668. The summed E-state index contributed by atoms with van der Waals surface area (Å²) in [4.78, 5) is 16.7. The SMILES string of the molecule is CS(=O)(=O)N(CC(=O)N1CCN(Cc2ccc3c(c2)OCO3)CC1)c1cccc(F)c1. The molecular formula is C21H24FN3O5S. The van der Waals surface area contributed by atoms with Crippen molar-refractivity contribution in [1.82, 2.24) is 9.80 Å². The van der Waals surface area contributed by atoms with Gasteiger partial charge in [-0.3, -0.25) is 14.0 Å². The smallest absolute Gasteiger partial charge is 0.243 e. The highest BCUT2D eigenvalue weighted by Crippen LogP contribution is 2.32. The number of hydrogen-bond acceptors (Lipinski definition) is 6. The molecule has 0 radical (unpaired) electrons. The molecule has 0 spiro atoms. The highest BCUT2D eigenvalue weighted by molar-refractivity contribution is 7.92. The average Bonchev–Trinajstić information content (AvgIpc) is 3.19. The molecule has 2 aliphatic heterocycles. The Morgan fingerprint density at radius 2 is 1.81 bits per heavy atom. The largest absolute Gasteiger partial charge is 0.454 e. The molecule has 8 nitrogen and oxygen atoms in total. The van der Waals surface area contributed by atoms with Gasteiger partial charge in [-0.2, -0.15) is 0 Å². The van der Waals surface area contributed by atoms with Crippen molar-refractivity contribution in [3.05, 3.63) is 53.8 Å². The molecule has 166 valence electrons. The molecule has 0 bridgehead atoms. The van der Waals surface area contributed by atoms with Gasteiger partial charge in [-0.15, -0.1) is 0 Å². The van der Waals surface area contributed by atoms with Crippen LogP contribution >= 0.6 is 0 Å². The molecule has 1 fully saturated rings. The first-order valence-electron chi connectivity index (χ1n) is 9.91. The maximum absolute atomic E-state index is 13.6. The number of rotatable bonds is 6. The summed E-state index contributed by atoms with van der Waals surface area (Å²) in [6.45, 7) is 2.91. The summed E-state index contributed by atoms with van der Waals surface area (Å²) in [7, 11) is -3.74. The fraction of sp³-hybridized carbons (Fsp3) is 0.381. The van der Waals surface area contributed by atoms with Crippen molar-refractivity contribution in [3.63, 3.8) is 0 Å². The Balaban J connectivity index is 1.35. The number of hydrogen-bond donors (Lipinski definition) is 0. The first kappa shape index (κ1) is 21.4. The minimum Gasteiger partial charge on any atom is -0.454 e. The van der Waals surface area contributed by atoms with E-state index in [4.69, 9.17) is 9.47 Å². The minimum absolute atomic E-state index is 0.136. The minimum atomic E-state index is -3.74. The van der Waals surface area contributed by atoms with E-state index in [1.807, 2.05) is 18.2 Å². The summed E-state index contributed by atoms with van der Waals surface area (Å²) in [6, 6.07) is 11.1. The third-order valence-corrected chi connectivity index (χ3v) is 6.48. The Morgan fingerprint density at radius 1 is 1.06 bits per heavy atom. The van der Waals surface area contributed by atoms with Crippen molar-refractivity contribution in [3.8, 4) is 11.5 Å². The number of fused-ring (bicyclic) bond motifs is 1. The Hall–Kier alpha value is -2.85. The lowest BCUT2D eigenvalue weighted by Crippen LogP contribution is -2.51. The summed E-state index contributed by atoms with van der Waals surface area (Å²) in [5, 5.41) is 0. The molecule has 1 amide bonds. The van der Waals surface area contributed by atoms with Crippen LogP contribution in [0.25, 0.3) is 0 Å². The molecule has 2 aliphatic rings. The molecule has 0 aliphatic carbocycles. The van der Waals surface area contributed by atoms with Crippen molar-refractivity contribution in [2.24, 2.45) is 0 Å². The van der Waals surface area contributed by atoms with Gasteiger partial charge in [0.15, 0.2) is 11.5 Å². The summed E-state index contributed by atoms with van der Waals surface area (Å²) in [5.74, 6) is 0.616. The Kier molecular flexibility index (Phi) is 6.01. The first-order valence-corrected chi connectivity index (χ1v) is 11.8. The number of ether oxygens (including phenoxy) is 2. The van der Waals surface area contributed by atoms with Gasteiger partial charge in [0.1, 0.15) is 12.4 Å². The second-order valence-electron chi connectivity index (χ2n) is 7.59. The number of amides is 1. The van der Waals surface area contributed by atoms with Crippen LogP contribution < -0.4 is 13.8 Å². The van der Waals surface area contributed by atoms with Crippen LogP contribution in [0.5, 0.6) is 11.5 Å². The first-order chi connectivity index (χ1) is 14.8. The molecule has 0 saturated carbocycles. The fourth-order valence-corrected chi connectivity index (χ4v) is 4.55. The maximum atomic E-state index is 13.6. The number of carbonyl (C=O) groups excluding carboxylic acids is 1. The van der Waals surface area contributed by atoms with Gasteiger partial charge in [-0.25, -0.2) is 12.8 Å². The topological polar surface area (TPSA) is 79.4 Å². The maximum Gasteiger partial charge on any atom is 0.243 e. The van der Waals surface area contributed by atoms with Crippen LogP contribution in [0.3, 0.4) is 0 Å². The third kappa shape index (κ3) is 5.08. The predicted octanol–water partition coefficient (Wildman–Crippen LogP) is 1.66. The lowest BCUT2D eigenvalue weighted by molar-refractivity contribution is -0.131. The number of halogens is 1. The van der Waals surface area contributed by atoms with Crippen molar-refractivity contribution < 1.29 is 27.1 Å². The number of benzene rings is 2. The second-order valence-corrected chi connectivity index (χ2v) is 9.50. The summed E-state index contributed by atoms with van der Waals surface area (Å²) < 4.78 is 49.7. The van der Waals surface area contributed by atoms with Gasteiger partial charge in [-0.1, -0.05) is 12.1 Å². The lowest BCUT2D eigenvalue weighted by atomic mass is 10.1. The van der Waals surface area contributed by atoms with E-state index in [1.54, 1.807) is 4.90 Å². The standard InChI is InChI=1S/C21H24FN3O5S/c1-31(27,28)25(18-4-2-3-17(22)12-18)14-21(26)24-9-7-23(8-10-24)13-16-5-6-19-20(11-16)30-15-29-19/h2-6,11-12H,7-10,13-15H2,1H3. The van der Waals surface area contributed by atoms with E-state index in [-0.39, 0.29) is 24.9 Å².